The normalized spacial score (nSPS) is 11.4. The van der Waals surface area contributed by atoms with Gasteiger partial charge in [0.05, 0.1) is 17.4 Å². The summed E-state index contributed by atoms with van der Waals surface area (Å²) in [5.41, 5.74) is 2.72. The van der Waals surface area contributed by atoms with E-state index in [1.54, 1.807) is 19.1 Å². The summed E-state index contributed by atoms with van der Waals surface area (Å²) in [7, 11) is 4.97. The van der Waals surface area contributed by atoms with E-state index in [1.165, 1.54) is 11.3 Å². The van der Waals surface area contributed by atoms with Gasteiger partial charge in [-0.2, -0.15) is 4.98 Å². The van der Waals surface area contributed by atoms with E-state index in [4.69, 9.17) is 13.9 Å². The van der Waals surface area contributed by atoms with Crippen LogP contribution in [0.15, 0.2) is 28.7 Å². The molecule has 0 saturated carbocycles. The number of aromatic nitrogens is 2. The lowest BCUT2D eigenvalue weighted by Gasteiger charge is -2.17. The van der Waals surface area contributed by atoms with Crippen LogP contribution in [0.25, 0.3) is 21.2 Å². The van der Waals surface area contributed by atoms with Crippen molar-refractivity contribution in [2.45, 2.75) is 33.4 Å². The van der Waals surface area contributed by atoms with Crippen LogP contribution in [-0.4, -0.2) is 42.0 Å². The zero-order chi connectivity index (χ0) is 22.1. The number of furan rings is 1. The number of carbonyl (C=O) groups excluding carboxylic acids is 1. The lowest BCUT2D eigenvalue weighted by atomic mass is 10.1. The standard InChI is InChI=1S/C23H25N3O4S/c1-6-16-15(14-9-7-8-10-17(14)30-16)11-26(3)23(27)20-13(2)19-21(29-5)24-18(12-28-4)25-22(19)31-20/h7-10H,6,11-12H2,1-5H3. The van der Waals surface area contributed by atoms with Crippen molar-refractivity contribution in [3.05, 3.63) is 51.9 Å². The maximum absolute atomic E-state index is 13.4. The fraction of sp³-hybridized carbons (Fsp3) is 0.348. The average Bonchev–Trinajstić information content (AvgIpc) is 3.30. The third-order valence-electron chi connectivity index (χ3n) is 5.31. The lowest BCUT2D eigenvalue weighted by Crippen LogP contribution is -2.26. The van der Waals surface area contributed by atoms with Crippen LogP contribution in [0.5, 0.6) is 5.88 Å². The van der Waals surface area contributed by atoms with Crippen LogP contribution in [0.3, 0.4) is 0 Å². The van der Waals surface area contributed by atoms with E-state index in [0.717, 1.165) is 44.5 Å². The molecule has 1 amide bonds. The lowest BCUT2D eigenvalue weighted by molar-refractivity contribution is 0.0789. The van der Waals surface area contributed by atoms with Crippen LogP contribution >= 0.6 is 11.3 Å². The number of benzene rings is 1. The van der Waals surface area contributed by atoms with Gasteiger partial charge in [0.2, 0.25) is 5.88 Å². The van der Waals surface area contributed by atoms with Crippen molar-refractivity contribution < 1.29 is 18.7 Å². The molecule has 0 saturated heterocycles. The molecule has 7 nitrogen and oxygen atoms in total. The zero-order valence-corrected chi connectivity index (χ0v) is 19.1. The molecule has 3 aromatic heterocycles. The molecule has 0 bridgehead atoms. The molecular weight excluding hydrogens is 414 g/mol. The number of thiophene rings is 1. The van der Waals surface area contributed by atoms with Crippen molar-refractivity contribution in [2.75, 3.05) is 21.3 Å². The number of rotatable bonds is 7. The molecular formula is C23H25N3O4S. The number of para-hydroxylation sites is 1. The number of fused-ring (bicyclic) bond motifs is 2. The highest BCUT2D eigenvalue weighted by atomic mass is 32.1. The van der Waals surface area contributed by atoms with Crippen LogP contribution in [0.1, 0.15) is 39.3 Å². The van der Waals surface area contributed by atoms with E-state index in [0.29, 0.717) is 23.1 Å². The molecule has 162 valence electrons. The minimum absolute atomic E-state index is 0.0665. The molecule has 0 spiro atoms. The Kier molecular flexibility index (Phi) is 5.93. The number of carbonyl (C=O) groups is 1. The first-order chi connectivity index (χ1) is 15.0. The van der Waals surface area contributed by atoms with Crippen LogP contribution in [0.2, 0.25) is 0 Å². The summed E-state index contributed by atoms with van der Waals surface area (Å²) in [5, 5.41) is 1.82. The van der Waals surface area contributed by atoms with E-state index in [-0.39, 0.29) is 12.5 Å². The third kappa shape index (κ3) is 3.77. The SMILES string of the molecule is CCc1oc2ccccc2c1CN(C)C(=O)c1sc2nc(COC)nc(OC)c2c1C. The topological polar surface area (TPSA) is 77.7 Å². The minimum atomic E-state index is -0.0665. The second-order valence-corrected chi connectivity index (χ2v) is 8.33. The van der Waals surface area contributed by atoms with Gasteiger partial charge in [-0.05, 0) is 18.6 Å². The van der Waals surface area contributed by atoms with Gasteiger partial charge < -0.3 is 18.8 Å². The quantitative estimate of drug-likeness (QED) is 0.414. The molecule has 4 rings (SSSR count). The predicted octanol–water partition coefficient (Wildman–Crippen LogP) is 4.74. The Balaban J connectivity index is 1.70. The van der Waals surface area contributed by atoms with Crippen LogP contribution in [0, 0.1) is 6.92 Å². The van der Waals surface area contributed by atoms with Gasteiger partial charge >= 0.3 is 0 Å². The van der Waals surface area contributed by atoms with Crippen molar-refractivity contribution in [1.29, 1.82) is 0 Å². The van der Waals surface area contributed by atoms with Crippen molar-refractivity contribution in [1.82, 2.24) is 14.9 Å². The summed E-state index contributed by atoms with van der Waals surface area (Å²) in [5.74, 6) is 1.83. The summed E-state index contributed by atoms with van der Waals surface area (Å²) in [6.45, 7) is 4.71. The summed E-state index contributed by atoms with van der Waals surface area (Å²) < 4.78 is 16.6. The molecule has 31 heavy (non-hydrogen) atoms. The molecule has 0 aliphatic rings. The third-order valence-corrected chi connectivity index (χ3v) is 6.48. The van der Waals surface area contributed by atoms with Gasteiger partial charge in [-0.3, -0.25) is 4.79 Å². The fourth-order valence-corrected chi connectivity index (χ4v) is 4.97. The Morgan fingerprint density at radius 1 is 1.23 bits per heavy atom. The number of hydrogen-bond acceptors (Lipinski definition) is 7. The summed E-state index contributed by atoms with van der Waals surface area (Å²) in [4.78, 5) is 25.4. The van der Waals surface area contributed by atoms with Crippen molar-refractivity contribution in [2.24, 2.45) is 0 Å². The highest BCUT2D eigenvalue weighted by molar-refractivity contribution is 7.20. The Morgan fingerprint density at radius 2 is 2.00 bits per heavy atom. The molecule has 0 radical (unpaired) electrons. The maximum Gasteiger partial charge on any atom is 0.264 e. The Bertz CT molecular complexity index is 1260. The van der Waals surface area contributed by atoms with E-state index in [2.05, 4.69) is 16.9 Å². The summed E-state index contributed by atoms with van der Waals surface area (Å²) in [6, 6.07) is 7.94. The molecule has 0 aliphatic heterocycles. The molecule has 0 atom stereocenters. The molecule has 0 N–H and O–H groups in total. The van der Waals surface area contributed by atoms with Gasteiger partial charge in [0.15, 0.2) is 5.82 Å². The first-order valence-corrected chi connectivity index (χ1v) is 10.9. The molecule has 0 aliphatic carbocycles. The Labute approximate surface area is 184 Å². The highest BCUT2D eigenvalue weighted by Gasteiger charge is 2.25. The zero-order valence-electron chi connectivity index (χ0n) is 18.3. The maximum atomic E-state index is 13.4. The fourth-order valence-electron chi connectivity index (χ4n) is 3.78. The van der Waals surface area contributed by atoms with Gasteiger partial charge in [0.25, 0.3) is 5.91 Å². The number of methoxy groups -OCH3 is 2. The van der Waals surface area contributed by atoms with Crippen molar-refractivity contribution >= 4 is 38.4 Å². The first kappa shape index (κ1) is 21.3. The van der Waals surface area contributed by atoms with Crippen LogP contribution in [-0.2, 0) is 24.3 Å². The monoisotopic (exact) mass is 439 g/mol. The Morgan fingerprint density at radius 3 is 2.71 bits per heavy atom. The van der Waals surface area contributed by atoms with Gasteiger partial charge in [-0.1, -0.05) is 25.1 Å². The van der Waals surface area contributed by atoms with E-state index in [1.807, 2.05) is 38.2 Å². The minimum Gasteiger partial charge on any atom is -0.480 e. The van der Waals surface area contributed by atoms with Crippen LogP contribution in [0.4, 0.5) is 0 Å². The summed E-state index contributed by atoms with van der Waals surface area (Å²) >= 11 is 1.35. The van der Waals surface area contributed by atoms with Gasteiger partial charge in [0, 0.05) is 38.1 Å². The van der Waals surface area contributed by atoms with E-state index < -0.39 is 0 Å². The largest absolute Gasteiger partial charge is 0.480 e. The number of ether oxygens (including phenoxy) is 2. The van der Waals surface area contributed by atoms with Crippen molar-refractivity contribution in [3.63, 3.8) is 0 Å². The van der Waals surface area contributed by atoms with Crippen molar-refractivity contribution in [3.8, 4) is 5.88 Å². The number of hydrogen-bond donors (Lipinski definition) is 0. The summed E-state index contributed by atoms with van der Waals surface area (Å²) in [6.07, 6.45) is 0.767. The smallest absolute Gasteiger partial charge is 0.264 e. The molecule has 4 aromatic rings. The second-order valence-electron chi connectivity index (χ2n) is 7.33. The molecule has 0 unspecified atom stereocenters. The molecule has 0 fully saturated rings. The first-order valence-electron chi connectivity index (χ1n) is 10.1. The average molecular weight is 440 g/mol. The van der Waals surface area contributed by atoms with Gasteiger partial charge in [0.1, 0.15) is 22.8 Å². The second kappa shape index (κ2) is 8.64. The Hall–Kier alpha value is -2.97. The molecule has 3 heterocycles. The molecule has 8 heteroatoms. The predicted molar refractivity (Wildman–Crippen MR) is 121 cm³/mol. The molecule has 1 aromatic carbocycles. The van der Waals surface area contributed by atoms with E-state index >= 15 is 0 Å². The number of amides is 1. The van der Waals surface area contributed by atoms with E-state index in [9.17, 15) is 4.79 Å². The van der Waals surface area contributed by atoms with Crippen LogP contribution < -0.4 is 4.74 Å². The number of nitrogens with zero attached hydrogens (tertiary/aromatic N) is 3. The van der Waals surface area contributed by atoms with Gasteiger partial charge in [-0.25, -0.2) is 4.98 Å². The van der Waals surface area contributed by atoms with Gasteiger partial charge in [-0.15, -0.1) is 11.3 Å². The highest BCUT2D eigenvalue weighted by Crippen LogP contribution is 2.36. The number of aryl methyl sites for hydroxylation is 2.